The second kappa shape index (κ2) is 10.1. The predicted molar refractivity (Wildman–Crippen MR) is 97.7 cm³/mol. The number of aromatic nitrogens is 2. The monoisotopic (exact) mass is 412 g/mol. The van der Waals surface area contributed by atoms with Crippen molar-refractivity contribution in [2.24, 2.45) is 0 Å². The number of nitrogens with two attached hydrogens (primary N) is 1. The molecular formula is C13H12Cl4N4OS. The van der Waals surface area contributed by atoms with Crippen molar-refractivity contribution < 1.29 is 4.79 Å². The summed E-state index contributed by atoms with van der Waals surface area (Å²) >= 11 is 23.7. The maximum absolute atomic E-state index is 10.9. The highest BCUT2D eigenvalue weighted by molar-refractivity contribution is 8.00. The molecule has 0 aromatic carbocycles. The molecular weight excluding hydrogens is 402 g/mol. The molecule has 0 radical (unpaired) electrons. The fourth-order valence-electron chi connectivity index (χ4n) is 1.23. The Morgan fingerprint density at radius 3 is 1.87 bits per heavy atom. The van der Waals surface area contributed by atoms with Crippen LogP contribution in [-0.2, 0) is 4.79 Å². The molecule has 0 saturated carbocycles. The first-order valence-electron chi connectivity index (χ1n) is 6.05. The minimum Gasteiger partial charge on any atom is -0.399 e. The SMILES string of the molecule is CNC(=O)CSc1cc(Cl)nc(Cl)c1.Nc1cc(Cl)nc(Cl)c1. The molecule has 10 heteroatoms. The molecule has 2 heterocycles. The molecule has 1 amide bonds. The van der Waals surface area contributed by atoms with Gasteiger partial charge in [-0.05, 0) is 24.3 Å². The van der Waals surface area contributed by atoms with E-state index in [1.807, 2.05) is 0 Å². The highest BCUT2D eigenvalue weighted by atomic mass is 35.5. The first kappa shape index (κ1) is 20.1. The quantitative estimate of drug-likeness (QED) is 0.582. The summed E-state index contributed by atoms with van der Waals surface area (Å²) in [6.07, 6.45) is 0. The van der Waals surface area contributed by atoms with E-state index in [-0.39, 0.29) is 5.91 Å². The smallest absolute Gasteiger partial charge is 0.230 e. The maximum atomic E-state index is 10.9. The molecule has 2 aromatic rings. The Hall–Kier alpha value is -0.920. The van der Waals surface area contributed by atoms with E-state index in [9.17, 15) is 4.79 Å². The van der Waals surface area contributed by atoms with E-state index in [1.54, 1.807) is 19.2 Å². The Kier molecular flexibility index (Phi) is 8.79. The van der Waals surface area contributed by atoms with Gasteiger partial charge in [-0.3, -0.25) is 4.79 Å². The minimum atomic E-state index is -0.0425. The number of hydrogen-bond acceptors (Lipinski definition) is 5. The number of pyridine rings is 2. The largest absolute Gasteiger partial charge is 0.399 e. The molecule has 0 spiro atoms. The van der Waals surface area contributed by atoms with E-state index in [0.29, 0.717) is 32.1 Å². The lowest BCUT2D eigenvalue weighted by molar-refractivity contribution is -0.118. The number of halogens is 4. The fraction of sp³-hybridized carbons (Fsp3) is 0.154. The van der Waals surface area contributed by atoms with Gasteiger partial charge in [0.2, 0.25) is 5.91 Å². The molecule has 0 bridgehead atoms. The van der Waals surface area contributed by atoms with Crippen molar-refractivity contribution in [2.75, 3.05) is 18.5 Å². The molecule has 0 saturated heterocycles. The number of nitrogen functional groups attached to an aromatic ring is 1. The van der Waals surface area contributed by atoms with Gasteiger partial charge in [0.15, 0.2) is 0 Å². The molecule has 124 valence electrons. The van der Waals surface area contributed by atoms with Crippen molar-refractivity contribution in [1.29, 1.82) is 0 Å². The van der Waals surface area contributed by atoms with Gasteiger partial charge in [0.1, 0.15) is 20.6 Å². The van der Waals surface area contributed by atoms with Crippen molar-refractivity contribution in [3.63, 3.8) is 0 Å². The average Bonchev–Trinajstić information content (AvgIpc) is 2.43. The minimum absolute atomic E-state index is 0.0425. The molecule has 2 aromatic heterocycles. The van der Waals surface area contributed by atoms with Crippen LogP contribution in [0.3, 0.4) is 0 Å². The number of nitrogens with zero attached hydrogens (tertiary/aromatic N) is 2. The number of rotatable bonds is 3. The topological polar surface area (TPSA) is 80.9 Å². The Balaban J connectivity index is 0.000000253. The molecule has 0 unspecified atom stereocenters. The van der Waals surface area contributed by atoms with Crippen LogP contribution < -0.4 is 11.1 Å². The summed E-state index contributed by atoms with van der Waals surface area (Å²) in [6.45, 7) is 0. The first-order chi connectivity index (χ1) is 10.8. The van der Waals surface area contributed by atoms with Crippen LogP contribution in [0.4, 0.5) is 5.69 Å². The standard InChI is InChI=1S/C8H8Cl2N2OS.C5H4Cl2N2/c1-11-8(13)4-14-5-2-6(9)12-7(10)3-5;6-4-1-3(8)2-5(7)9-4/h2-3H,4H2,1H3,(H,11,13);1-2H,(H2,8,9). The summed E-state index contributed by atoms with van der Waals surface area (Å²) in [4.78, 5) is 19.3. The molecule has 0 aliphatic heterocycles. The van der Waals surface area contributed by atoms with Crippen molar-refractivity contribution in [1.82, 2.24) is 15.3 Å². The molecule has 0 aliphatic carbocycles. The van der Waals surface area contributed by atoms with Crippen LogP contribution in [0, 0.1) is 0 Å². The second-order valence-corrected chi connectivity index (χ2v) is 6.55. The number of nitrogens with one attached hydrogen (secondary N) is 1. The zero-order chi connectivity index (χ0) is 17.4. The molecule has 0 aliphatic rings. The zero-order valence-electron chi connectivity index (χ0n) is 11.8. The van der Waals surface area contributed by atoms with Crippen LogP contribution >= 0.6 is 58.2 Å². The third kappa shape index (κ3) is 8.48. The molecule has 3 N–H and O–H groups in total. The van der Waals surface area contributed by atoms with Gasteiger partial charge in [-0.25, -0.2) is 9.97 Å². The number of carbonyl (C=O) groups is 1. The average molecular weight is 414 g/mol. The second-order valence-electron chi connectivity index (χ2n) is 3.96. The number of anilines is 1. The summed E-state index contributed by atoms with van der Waals surface area (Å²) in [5, 5.41) is 3.82. The fourth-order valence-corrected chi connectivity index (χ4v) is 3.13. The Morgan fingerprint density at radius 2 is 1.48 bits per heavy atom. The van der Waals surface area contributed by atoms with Crippen molar-refractivity contribution in [3.05, 3.63) is 44.9 Å². The molecule has 5 nitrogen and oxygen atoms in total. The van der Waals surface area contributed by atoms with E-state index < -0.39 is 0 Å². The van der Waals surface area contributed by atoms with E-state index in [4.69, 9.17) is 52.1 Å². The Bertz CT molecular complexity index is 616. The van der Waals surface area contributed by atoms with Crippen LogP contribution in [0.15, 0.2) is 29.2 Å². The van der Waals surface area contributed by atoms with E-state index in [0.717, 1.165) is 4.90 Å². The predicted octanol–water partition coefficient (Wildman–Crippen LogP) is 4.20. The highest BCUT2D eigenvalue weighted by Crippen LogP contribution is 2.23. The third-order valence-electron chi connectivity index (χ3n) is 2.17. The lowest BCUT2D eigenvalue weighted by Gasteiger charge is -2.01. The lowest BCUT2D eigenvalue weighted by Crippen LogP contribution is -2.19. The van der Waals surface area contributed by atoms with Crippen LogP contribution in [0.2, 0.25) is 20.6 Å². The van der Waals surface area contributed by atoms with E-state index in [1.165, 1.54) is 23.9 Å². The normalized spacial score (nSPS) is 9.78. The van der Waals surface area contributed by atoms with E-state index >= 15 is 0 Å². The third-order valence-corrected chi connectivity index (χ3v) is 3.92. The first-order valence-corrected chi connectivity index (χ1v) is 8.55. The zero-order valence-corrected chi connectivity index (χ0v) is 15.7. The summed E-state index contributed by atoms with van der Waals surface area (Å²) < 4.78 is 0. The molecule has 2 rings (SSSR count). The van der Waals surface area contributed by atoms with Gasteiger partial charge in [-0.2, -0.15) is 0 Å². The summed E-state index contributed by atoms with van der Waals surface area (Å²) in [5.41, 5.74) is 5.88. The van der Waals surface area contributed by atoms with Gasteiger partial charge in [-0.15, -0.1) is 11.8 Å². The summed E-state index contributed by atoms with van der Waals surface area (Å²) in [7, 11) is 1.59. The van der Waals surface area contributed by atoms with Crippen LogP contribution in [-0.4, -0.2) is 28.7 Å². The van der Waals surface area contributed by atoms with Crippen molar-refractivity contribution >= 4 is 69.8 Å². The molecule has 23 heavy (non-hydrogen) atoms. The maximum Gasteiger partial charge on any atom is 0.230 e. The van der Waals surface area contributed by atoms with Gasteiger partial charge in [-0.1, -0.05) is 46.4 Å². The van der Waals surface area contributed by atoms with Crippen LogP contribution in [0.5, 0.6) is 0 Å². The van der Waals surface area contributed by atoms with Gasteiger partial charge in [0.25, 0.3) is 0 Å². The number of carbonyl (C=O) groups excluding carboxylic acids is 1. The summed E-state index contributed by atoms with van der Waals surface area (Å²) in [6, 6.07) is 6.41. The Labute approximate surface area is 157 Å². The van der Waals surface area contributed by atoms with Crippen LogP contribution in [0.1, 0.15) is 0 Å². The Morgan fingerprint density at radius 1 is 1.04 bits per heavy atom. The van der Waals surface area contributed by atoms with Crippen molar-refractivity contribution in [2.45, 2.75) is 4.90 Å². The molecule has 0 atom stereocenters. The van der Waals surface area contributed by atoms with Gasteiger partial charge in [0, 0.05) is 17.6 Å². The van der Waals surface area contributed by atoms with Crippen LogP contribution in [0.25, 0.3) is 0 Å². The van der Waals surface area contributed by atoms with Gasteiger partial charge < -0.3 is 11.1 Å². The van der Waals surface area contributed by atoms with Gasteiger partial charge >= 0.3 is 0 Å². The number of amides is 1. The lowest BCUT2D eigenvalue weighted by atomic mass is 10.4. The number of thioether (sulfide) groups is 1. The van der Waals surface area contributed by atoms with Crippen molar-refractivity contribution in [3.8, 4) is 0 Å². The van der Waals surface area contributed by atoms with Gasteiger partial charge in [0.05, 0.1) is 5.75 Å². The molecule has 0 fully saturated rings. The summed E-state index contributed by atoms with van der Waals surface area (Å²) in [5.74, 6) is 0.298. The van der Waals surface area contributed by atoms with E-state index in [2.05, 4.69) is 15.3 Å². The number of hydrogen-bond donors (Lipinski definition) is 2. The highest BCUT2D eigenvalue weighted by Gasteiger charge is 2.03.